The number of likely N-dealkylation sites (tertiary alicyclic amines) is 1. The fraction of sp³-hybridized carbons (Fsp3) is 0.524. The first-order valence-corrected chi connectivity index (χ1v) is 10.0. The predicted molar refractivity (Wildman–Crippen MR) is 111 cm³/mol. The number of nitrogens with one attached hydrogen (secondary N) is 2. The van der Waals surface area contributed by atoms with Gasteiger partial charge in [-0.05, 0) is 44.7 Å². The molecule has 152 valence electrons. The zero-order valence-corrected chi connectivity index (χ0v) is 16.9. The first kappa shape index (κ1) is 20.8. The van der Waals surface area contributed by atoms with E-state index in [-0.39, 0.29) is 24.4 Å². The molecule has 0 spiro atoms. The lowest BCUT2D eigenvalue weighted by atomic mass is 9.97. The van der Waals surface area contributed by atoms with Gasteiger partial charge in [-0.2, -0.15) is 0 Å². The third-order valence-corrected chi connectivity index (χ3v) is 5.55. The first-order valence-electron chi connectivity index (χ1n) is 10.0. The normalized spacial score (nSPS) is 22.6. The van der Waals surface area contributed by atoms with Gasteiger partial charge in [0.25, 0.3) is 0 Å². The van der Waals surface area contributed by atoms with Crippen LogP contribution < -0.4 is 10.6 Å². The summed E-state index contributed by atoms with van der Waals surface area (Å²) in [6, 6.07) is 12.1. The van der Waals surface area contributed by atoms with Crippen molar-refractivity contribution in [2.75, 3.05) is 26.2 Å². The van der Waals surface area contributed by atoms with E-state index in [1.165, 1.54) is 6.42 Å². The Morgan fingerprint density at radius 1 is 1.25 bits per heavy atom. The van der Waals surface area contributed by atoms with Crippen molar-refractivity contribution in [3.63, 3.8) is 0 Å². The van der Waals surface area contributed by atoms with Gasteiger partial charge in [0, 0.05) is 31.3 Å². The van der Waals surface area contributed by atoms with E-state index in [0.29, 0.717) is 5.92 Å². The average molecular weight is 405 g/mol. The smallest absolute Gasteiger partial charge is 0.237 e. The standard InChI is InChI=1S/C21H28N4O2.ClH/c26-21(19-9-4-10-22-19)23-13-16-6-5-11-25(14-16)15-18-12-20(27-24-18)17-7-2-1-3-8-17;/h1-3,7-8,12,16,19,22H,4-6,9-11,13-15H2,(H,23,26);1H. The van der Waals surface area contributed by atoms with E-state index in [0.717, 1.165) is 69.0 Å². The van der Waals surface area contributed by atoms with Crippen LogP contribution in [-0.4, -0.2) is 48.2 Å². The highest BCUT2D eigenvalue weighted by Crippen LogP contribution is 2.22. The maximum absolute atomic E-state index is 12.2. The fourth-order valence-electron chi connectivity index (χ4n) is 4.09. The van der Waals surface area contributed by atoms with Gasteiger partial charge in [0.05, 0.1) is 11.7 Å². The first-order chi connectivity index (χ1) is 13.3. The molecule has 0 saturated carbocycles. The molecule has 4 rings (SSSR count). The Kier molecular flexibility index (Phi) is 7.48. The molecule has 2 unspecified atom stereocenters. The van der Waals surface area contributed by atoms with E-state index >= 15 is 0 Å². The molecule has 1 amide bonds. The Hall–Kier alpha value is -1.89. The molecule has 2 fully saturated rings. The molecule has 2 aromatic rings. The molecule has 2 N–H and O–H groups in total. The number of nitrogens with zero attached hydrogens (tertiary/aromatic N) is 2. The van der Waals surface area contributed by atoms with E-state index in [1.807, 2.05) is 36.4 Å². The van der Waals surface area contributed by atoms with E-state index in [9.17, 15) is 4.79 Å². The van der Waals surface area contributed by atoms with Crippen LogP contribution in [0.1, 0.15) is 31.4 Å². The second-order valence-corrected chi connectivity index (χ2v) is 7.69. The van der Waals surface area contributed by atoms with Crippen LogP contribution in [0.5, 0.6) is 0 Å². The van der Waals surface area contributed by atoms with Crippen molar-refractivity contribution in [1.29, 1.82) is 0 Å². The molecule has 0 bridgehead atoms. The van der Waals surface area contributed by atoms with Crippen LogP contribution in [0.4, 0.5) is 0 Å². The summed E-state index contributed by atoms with van der Waals surface area (Å²) in [7, 11) is 0. The Labute approximate surface area is 172 Å². The van der Waals surface area contributed by atoms with Crippen LogP contribution in [0.25, 0.3) is 11.3 Å². The van der Waals surface area contributed by atoms with Crippen molar-refractivity contribution < 1.29 is 9.32 Å². The number of rotatable bonds is 6. The van der Waals surface area contributed by atoms with Gasteiger partial charge in [0.15, 0.2) is 5.76 Å². The third-order valence-electron chi connectivity index (χ3n) is 5.55. The monoisotopic (exact) mass is 404 g/mol. The molecule has 2 atom stereocenters. The van der Waals surface area contributed by atoms with Crippen molar-refractivity contribution in [1.82, 2.24) is 20.7 Å². The largest absolute Gasteiger partial charge is 0.356 e. The molecule has 1 aromatic heterocycles. The maximum atomic E-state index is 12.2. The molecule has 6 nitrogen and oxygen atoms in total. The average Bonchev–Trinajstić information content (AvgIpc) is 3.39. The number of benzene rings is 1. The number of carbonyl (C=O) groups excluding carboxylic acids is 1. The highest BCUT2D eigenvalue weighted by atomic mass is 35.5. The summed E-state index contributed by atoms with van der Waals surface area (Å²) >= 11 is 0. The Balaban J connectivity index is 0.00000225. The van der Waals surface area contributed by atoms with E-state index in [1.54, 1.807) is 0 Å². The number of piperidine rings is 1. The topological polar surface area (TPSA) is 70.4 Å². The number of aromatic nitrogens is 1. The summed E-state index contributed by atoms with van der Waals surface area (Å²) in [4.78, 5) is 14.6. The lowest BCUT2D eigenvalue weighted by Gasteiger charge is -2.32. The van der Waals surface area contributed by atoms with Crippen molar-refractivity contribution in [2.24, 2.45) is 5.92 Å². The molecule has 28 heavy (non-hydrogen) atoms. The summed E-state index contributed by atoms with van der Waals surface area (Å²) in [6.45, 7) is 4.58. The van der Waals surface area contributed by atoms with Crippen LogP contribution in [0, 0.1) is 5.92 Å². The molecular weight excluding hydrogens is 376 g/mol. The second kappa shape index (κ2) is 10.0. The highest BCUT2D eigenvalue weighted by molar-refractivity contribution is 5.85. The zero-order chi connectivity index (χ0) is 18.5. The van der Waals surface area contributed by atoms with Gasteiger partial charge in [-0.25, -0.2) is 0 Å². The number of carbonyl (C=O) groups is 1. The fourth-order valence-corrected chi connectivity index (χ4v) is 4.09. The Morgan fingerprint density at radius 2 is 2.11 bits per heavy atom. The summed E-state index contributed by atoms with van der Waals surface area (Å²) in [5.41, 5.74) is 2.02. The molecule has 2 saturated heterocycles. The zero-order valence-electron chi connectivity index (χ0n) is 16.1. The Bertz CT molecular complexity index is 746. The maximum Gasteiger partial charge on any atom is 0.237 e. The Morgan fingerprint density at radius 3 is 2.89 bits per heavy atom. The van der Waals surface area contributed by atoms with Gasteiger partial charge in [-0.1, -0.05) is 35.5 Å². The predicted octanol–water partition coefficient (Wildman–Crippen LogP) is 2.84. The minimum atomic E-state index is 0. The minimum Gasteiger partial charge on any atom is -0.356 e. The molecule has 0 aliphatic carbocycles. The van der Waals surface area contributed by atoms with E-state index in [4.69, 9.17) is 4.52 Å². The van der Waals surface area contributed by atoms with Crippen LogP contribution in [0.15, 0.2) is 40.9 Å². The molecule has 2 aliphatic heterocycles. The van der Waals surface area contributed by atoms with Crippen LogP contribution >= 0.6 is 12.4 Å². The van der Waals surface area contributed by atoms with Gasteiger partial charge >= 0.3 is 0 Å². The quantitative estimate of drug-likeness (QED) is 0.774. The lowest BCUT2D eigenvalue weighted by molar-refractivity contribution is -0.123. The summed E-state index contributed by atoms with van der Waals surface area (Å²) in [6.07, 6.45) is 4.38. The summed E-state index contributed by atoms with van der Waals surface area (Å²) in [5, 5.41) is 10.6. The van der Waals surface area contributed by atoms with Gasteiger partial charge in [0.2, 0.25) is 5.91 Å². The molecule has 1 aromatic carbocycles. The van der Waals surface area contributed by atoms with Crippen LogP contribution in [0.2, 0.25) is 0 Å². The molecule has 0 radical (unpaired) electrons. The number of halogens is 1. The number of amides is 1. The third kappa shape index (κ3) is 5.34. The molecule has 7 heteroatoms. The van der Waals surface area contributed by atoms with E-state index in [2.05, 4.69) is 20.7 Å². The van der Waals surface area contributed by atoms with Crippen molar-refractivity contribution in [3.8, 4) is 11.3 Å². The molecule has 3 heterocycles. The highest BCUT2D eigenvalue weighted by Gasteiger charge is 2.25. The van der Waals surface area contributed by atoms with Crippen LogP contribution in [-0.2, 0) is 11.3 Å². The van der Waals surface area contributed by atoms with Gasteiger partial charge in [-0.3, -0.25) is 9.69 Å². The van der Waals surface area contributed by atoms with Gasteiger partial charge in [0.1, 0.15) is 0 Å². The summed E-state index contributed by atoms with van der Waals surface area (Å²) < 4.78 is 5.51. The van der Waals surface area contributed by atoms with Crippen LogP contribution in [0.3, 0.4) is 0 Å². The van der Waals surface area contributed by atoms with Gasteiger partial charge < -0.3 is 15.2 Å². The minimum absolute atomic E-state index is 0. The lowest BCUT2D eigenvalue weighted by Crippen LogP contribution is -2.45. The van der Waals surface area contributed by atoms with Gasteiger partial charge in [-0.15, -0.1) is 12.4 Å². The van der Waals surface area contributed by atoms with Crippen molar-refractivity contribution in [3.05, 3.63) is 42.1 Å². The SMILES string of the molecule is Cl.O=C(NCC1CCCN(Cc2cc(-c3ccccc3)on2)C1)C1CCCN1. The molecule has 2 aliphatic rings. The van der Waals surface area contributed by atoms with Crippen molar-refractivity contribution in [2.45, 2.75) is 38.3 Å². The number of hydrogen-bond acceptors (Lipinski definition) is 5. The second-order valence-electron chi connectivity index (χ2n) is 7.69. The summed E-state index contributed by atoms with van der Waals surface area (Å²) in [5.74, 6) is 1.48. The van der Waals surface area contributed by atoms with Crippen molar-refractivity contribution >= 4 is 18.3 Å². The molecular formula is C21H29ClN4O2. The number of hydrogen-bond donors (Lipinski definition) is 2. The van der Waals surface area contributed by atoms with E-state index < -0.39 is 0 Å².